The Labute approximate surface area is 108 Å². The third-order valence-corrected chi connectivity index (χ3v) is 3.04. The van der Waals surface area contributed by atoms with Gasteiger partial charge in [-0.3, -0.25) is 9.59 Å². The molecule has 0 heterocycles. The maximum Gasteiger partial charge on any atom is 0.239 e. The molecule has 0 fully saturated rings. The minimum Gasteiger partial charge on any atom is -0.392 e. The van der Waals surface area contributed by atoms with Gasteiger partial charge in [-0.15, -0.1) is 0 Å². The molecule has 0 atom stereocenters. The molecule has 0 radical (unpaired) electrons. The molecule has 3 N–H and O–H groups in total. The number of carbonyl (C=O) groups is 2. The lowest BCUT2D eigenvalue weighted by atomic mass is 9.91. The van der Waals surface area contributed by atoms with Crippen molar-refractivity contribution in [3.8, 4) is 0 Å². The summed E-state index contributed by atoms with van der Waals surface area (Å²) in [5, 5.41) is 2.65. The molecule has 0 aromatic heterocycles. The van der Waals surface area contributed by atoms with Crippen LogP contribution in [0.4, 0.5) is 0 Å². The van der Waals surface area contributed by atoms with Crippen LogP contribution in [0.15, 0.2) is 0 Å². The fourth-order valence-electron chi connectivity index (χ4n) is 1.25. The minimum atomic E-state index is -0.919. The normalized spacial score (nSPS) is 10.8. The molecule has 0 aromatic carbocycles. The second kappa shape index (κ2) is 6.54. The zero-order chi connectivity index (χ0) is 13.6. The van der Waals surface area contributed by atoms with Crippen LogP contribution in [0.1, 0.15) is 27.7 Å². The van der Waals surface area contributed by atoms with Crippen LogP contribution in [0.25, 0.3) is 0 Å². The average Bonchev–Trinajstić information content (AvgIpc) is 2.25. The highest BCUT2D eigenvalue weighted by Crippen LogP contribution is 2.19. The summed E-state index contributed by atoms with van der Waals surface area (Å²) in [4.78, 5) is 25.2. The summed E-state index contributed by atoms with van der Waals surface area (Å²) >= 11 is 4.87. The molecule has 0 saturated carbocycles. The number of hydrogen-bond donors (Lipinski definition) is 2. The lowest BCUT2D eigenvalue weighted by Crippen LogP contribution is -2.50. The minimum absolute atomic E-state index is 0.0369. The quantitative estimate of drug-likeness (QED) is 0.672. The van der Waals surface area contributed by atoms with E-state index < -0.39 is 5.41 Å². The zero-order valence-corrected chi connectivity index (χ0v) is 11.7. The van der Waals surface area contributed by atoms with Gasteiger partial charge in [0.25, 0.3) is 0 Å². The van der Waals surface area contributed by atoms with E-state index in [1.165, 1.54) is 4.90 Å². The van der Waals surface area contributed by atoms with E-state index in [1.807, 2.05) is 13.8 Å². The topological polar surface area (TPSA) is 75.4 Å². The van der Waals surface area contributed by atoms with Gasteiger partial charge in [0.15, 0.2) is 0 Å². The number of rotatable bonds is 6. The fraction of sp³-hybridized carbons (Fsp3) is 0.727. The van der Waals surface area contributed by atoms with Crippen LogP contribution in [0, 0.1) is 5.41 Å². The molecule has 0 aliphatic rings. The predicted octanol–water partition coefficient (Wildman–Crippen LogP) is 0.283. The molecule has 5 nitrogen and oxygen atoms in total. The summed E-state index contributed by atoms with van der Waals surface area (Å²) in [7, 11) is 0. The second-order valence-corrected chi connectivity index (χ2v) is 4.70. The number of nitrogens with two attached hydrogens (primary N) is 1. The van der Waals surface area contributed by atoms with E-state index in [1.54, 1.807) is 13.8 Å². The number of hydrogen-bond acceptors (Lipinski definition) is 3. The molecule has 0 rings (SSSR count). The van der Waals surface area contributed by atoms with Gasteiger partial charge >= 0.3 is 0 Å². The van der Waals surface area contributed by atoms with E-state index in [-0.39, 0.29) is 23.3 Å². The monoisotopic (exact) mass is 259 g/mol. The van der Waals surface area contributed by atoms with Crippen LogP contribution < -0.4 is 11.1 Å². The van der Waals surface area contributed by atoms with Crippen LogP contribution in [-0.4, -0.2) is 41.3 Å². The summed E-state index contributed by atoms with van der Waals surface area (Å²) in [6, 6.07) is 0. The number of nitrogens with zero attached hydrogens (tertiary/aromatic N) is 1. The Morgan fingerprint density at radius 1 is 1.35 bits per heavy atom. The molecule has 0 aromatic rings. The highest BCUT2D eigenvalue weighted by molar-refractivity contribution is 7.80. The Morgan fingerprint density at radius 2 is 1.88 bits per heavy atom. The molecule has 98 valence electrons. The van der Waals surface area contributed by atoms with Crippen molar-refractivity contribution in [2.24, 2.45) is 11.1 Å². The Kier molecular flexibility index (Phi) is 6.09. The molecule has 17 heavy (non-hydrogen) atoms. The summed E-state index contributed by atoms with van der Waals surface area (Å²) in [5.74, 6) is -0.403. The van der Waals surface area contributed by atoms with Gasteiger partial charge in [0, 0.05) is 13.1 Å². The van der Waals surface area contributed by atoms with Gasteiger partial charge in [-0.25, -0.2) is 0 Å². The number of nitrogens with one attached hydrogen (secondary N) is 1. The van der Waals surface area contributed by atoms with E-state index in [0.29, 0.717) is 13.1 Å². The van der Waals surface area contributed by atoms with Gasteiger partial charge in [-0.2, -0.15) is 0 Å². The lowest BCUT2D eigenvalue weighted by Gasteiger charge is -2.30. The first-order valence-corrected chi connectivity index (χ1v) is 6.04. The number of likely N-dealkylation sites (N-methyl/N-ethyl adjacent to an activating group) is 2. The first-order valence-electron chi connectivity index (χ1n) is 5.63. The molecular formula is C11H21N3O2S. The Morgan fingerprint density at radius 3 is 2.24 bits per heavy atom. The van der Waals surface area contributed by atoms with Crippen LogP contribution in [0.5, 0.6) is 0 Å². The Balaban J connectivity index is 4.73. The third kappa shape index (κ3) is 4.30. The third-order valence-electron chi connectivity index (χ3n) is 2.53. The SMILES string of the molecule is CCNC(=O)CN(CC)C(=O)C(C)(C)C(N)=S. The molecule has 0 aliphatic carbocycles. The van der Waals surface area contributed by atoms with Crippen LogP contribution in [0.2, 0.25) is 0 Å². The second-order valence-electron chi connectivity index (χ2n) is 4.26. The van der Waals surface area contributed by atoms with Crippen molar-refractivity contribution >= 4 is 29.0 Å². The molecule has 0 unspecified atom stereocenters. The Hall–Kier alpha value is -1.17. The number of amides is 2. The van der Waals surface area contributed by atoms with E-state index in [9.17, 15) is 9.59 Å². The largest absolute Gasteiger partial charge is 0.392 e. The van der Waals surface area contributed by atoms with Crippen molar-refractivity contribution in [2.45, 2.75) is 27.7 Å². The van der Waals surface area contributed by atoms with Gasteiger partial charge in [0.2, 0.25) is 11.8 Å². The van der Waals surface area contributed by atoms with Gasteiger partial charge < -0.3 is 16.0 Å². The summed E-state index contributed by atoms with van der Waals surface area (Å²) in [5.41, 5.74) is 4.62. The summed E-state index contributed by atoms with van der Waals surface area (Å²) < 4.78 is 0. The highest BCUT2D eigenvalue weighted by Gasteiger charge is 2.34. The lowest BCUT2D eigenvalue weighted by molar-refractivity contribution is -0.140. The van der Waals surface area contributed by atoms with Crippen LogP contribution in [0.3, 0.4) is 0 Å². The van der Waals surface area contributed by atoms with Gasteiger partial charge in [-0.05, 0) is 27.7 Å². The first kappa shape index (κ1) is 15.8. The molecule has 0 bridgehead atoms. The van der Waals surface area contributed by atoms with Crippen molar-refractivity contribution in [2.75, 3.05) is 19.6 Å². The van der Waals surface area contributed by atoms with Crippen molar-refractivity contribution in [3.63, 3.8) is 0 Å². The molecule has 0 saturated heterocycles. The highest BCUT2D eigenvalue weighted by atomic mass is 32.1. The number of thiocarbonyl (C=S) groups is 1. The molecular weight excluding hydrogens is 238 g/mol. The maximum atomic E-state index is 12.2. The van der Waals surface area contributed by atoms with Crippen molar-refractivity contribution in [1.82, 2.24) is 10.2 Å². The van der Waals surface area contributed by atoms with Gasteiger partial charge in [-0.1, -0.05) is 12.2 Å². The maximum absolute atomic E-state index is 12.2. The smallest absolute Gasteiger partial charge is 0.239 e. The molecule has 0 spiro atoms. The van der Waals surface area contributed by atoms with E-state index in [4.69, 9.17) is 18.0 Å². The van der Waals surface area contributed by atoms with Crippen LogP contribution in [-0.2, 0) is 9.59 Å². The van der Waals surface area contributed by atoms with Crippen molar-refractivity contribution < 1.29 is 9.59 Å². The average molecular weight is 259 g/mol. The molecule has 0 aliphatic heterocycles. The standard InChI is InChI=1S/C11H21N3O2S/c1-5-13-8(15)7-14(6-2)10(16)11(3,4)9(12)17/h5-7H2,1-4H3,(H2,12,17)(H,13,15). The predicted molar refractivity (Wildman–Crippen MR) is 71.5 cm³/mol. The van der Waals surface area contributed by atoms with E-state index in [0.717, 1.165) is 0 Å². The van der Waals surface area contributed by atoms with Crippen molar-refractivity contribution in [3.05, 3.63) is 0 Å². The number of carbonyl (C=O) groups excluding carboxylic acids is 2. The van der Waals surface area contributed by atoms with Gasteiger partial charge in [0.1, 0.15) is 0 Å². The van der Waals surface area contributed by atoms with Gasteiger partial charge in [0.05, 0.1) is 16.9 Å². The molecule has 2 amide bonds. The van der Waals surface area contributed by atoms with Crippen LogP contribution >= 0.6 is 12.2 Å². The van der Waals surface area contributed by atoms with E-state index in [2.05, 4.69) is 5.32 Å². The first-order chi connectivity index (χ1) is 7.77. The van der Waals surface area contributed by atoms with Crippen molar-refractivity contribution in [1.29, 1.82) is 0 Å². The Bertz CT molecular complexity index is 316. The summed E-state index contributed by atoms with van der Waals surface area (Å²) in [6.45, 7) is 8.00. The van der Waals surface area contributed by atoms with E-state index >= 15 is 0 Å². The molecule has 6 heteroatoms. The zero-order valence-electron chi connectivity index (χ0n) is 10.9. The summed E-state index contributed by atoms with van der Waals surface area (Å²) in [6.07, 6.45) is 0. The fourth-order valence-corrected chi connectivity index (χ4v) is 1.34.